The first-order valence-electron chi connectivity index (χ1n) is 6.39. The Kier molecular flexibility index (Phi) is 3.98. The predicted molar refractivity (Wildman–Crippen MR) is 76.3 cm³/mol. The minimum atomic E-state index is -4.30. The first-order valence-corrected chi connectivity index (χ1v) is 6.39. The quantitative estimate of drug-likeness (QED) is 0.686. The van der Waals surface area contributed by atoms with Crippen LogP contribution in [0, 0.1) is 0 Å². The van der Waals surface area contributed by atoms with Crippen molar-refractivity contribution in [2.24, 2.45) is 0 Å². The standard InChI is InChI=1S/C17H15F3/c1-3-12-6-5-7-16(15(12)4-2)13-8-10-14(11-9-13)17(18,19)20/h4-11H,2-3H2,1H3. The van der Waals surface area contributed by atoms with Crippen LogP contribution in [0.3, 0.4) is 0 Å². The third-order valence-corrected chi connectivity index (χ3v) is 3.30. The molecule has 0 atom stereocenters. The van der Waals surface area contributed by atoms with E-state index in [1.165, 1.54) is 12.1 Å². The van der Waals surface area contributed by atoms with Gasteiger partial charge < -0.3 is 0 Å². The summed E-state index contributed by atoms with van der Waals surface area (Å²) in [6, 6.07) is 11.1. The lowest BCUT2D eigenvalue weighted by atomic mass is 9.94. The molecule has 2 aromatic carbocycles. The smallest absolute Gasteiger partial charge is 0.166 e. The molecule has 0 saturated heterocycles. The van der Waals surface area contributed by atoms with Crippen LogP contribution in [0.4, 0.5) is 13.2 Å². The van der Waals surface area contributed by atoms with Crippen LogP contribution in [-0.4, -0.2) is 0 Å². The lowest BCUT2D eigenvalue weighted by molar-refractivity contribution is -0.137. The van der Waals surface area contributed by atoms with E-state index in [1.807, 2.05) is 25.1 Å². The van der Waals surface area contributed by atoms with Crippen LogP contribution in [0.15, 0.2) is 49.0 Å². The summed E-state index contributed by atoms with van der Waals surface area (Å²) in [6.07, 6.45) is -1.69. The van der Waals surface area contributed by atoms with Gasteiger partial charge in [-0.15, -0.1) is 0 Å². The molecule has 104 valence electrons. The molecular weight excluding hydrogens is 261 g/mol. The Morgan fingerprint density at radius 2 is 1.70 bits per heavy atom. The molecular formula is C17H15F3. The van der Waals surface area contributed by atoms with Gasteiger partial charge in [0.05, 0.1) is 5.56 Å². The highest BCUT2D eigenvalue weighted by molar-refractivity contribution is 5.76. The van der Waals surface area contributed by atoms with Gasteiger partial charge in [-0.1, -0.05) is 49.9 Å². The Bertz CT molecular complexity index is 607. The Morgan fingerprint density at radius 1 is 1.05 bits per heavy atom. The summed E-state index contributed by atoms with van der Waals surface area (Å²) < 4.78 is 37.7. The molecule has 0 fully saturated rings. The number of rotatable bonds is 3. The van der Waals surface area contributed by atoms with E-state index in [0.29, 0.717) is 0 Å². The molecule has 0 aliphatic heterocycles. The van der Waals surface area contributed by atoms with Crippen molar-refractivity contribution in [1.29, 1.82) is 0 Å². The zero-order valence-corrected chi connectivity index (χ0v) is 11.2. The van der Waals surface area contributed by atoms with Gasteiger partial charge in [-0.3, -0.25) is 0 Å². The fraction of sp³-hybridized carbons (Fsp3) is 0.176. The second kappa shape index (κ2) is 5.53. The van der Waals surface area contributed by atoms with Crippen molar-refractivity contribution in [1.82, 2.24) is 0 Å². The summed E-state index contributed by atoms with van der Waals surface area (Å²) in [5.41, 5.74) is 3.16. The van der Waals surface area contributed by atoms with E-state index in [1.54, 1.807) is 6.08 Å². The lowest BCUT2D eigenvalue weighted by Crippen LogP contribution is -2.04. The molecule has 0 spiro atoms. The molecule has 0 bridgehead atoms. The topological polar surface area (TPSA) is 0 Å². The Labute approximate surface area is 116 Å². The number of hydrogen-bond acceptors (Lipinski definition) is 0. The highest BCUT2D eigenvalue weighted by atomic mass is 19.4. The highest BCUT2D eigenvalue weighted by Crippen LogP contribution is 2.32. The molecule has 20 heavy (non-hydrogen) atoms. The minimum absolute atomic E-state index is 0.631. The van der Waals surface area contributed by atoms with Crippen LogP contribution >= 0.6 is 0 Å². The monoisotopic (exact) mass is 276 g/mol. The third-order valence-electron chi connectivity index (χ3n) is 3.30. The molecule has 0 nitrogen and oxygen atoms in total. The van der Waals surface area contributed by atoms with E-state index < -0.39 is 11.7 Å². The summed E-state index contributed by atoms with van der Waals surface area (Å²) in [6.45, 7) is 5.84. The van der Waals surface area contributed by atoms with Gasteiger partial charge in [-0.25, -0.2) is 0 Å². The van der Waals surface area contributed by atoms with Crippen LogP contribution in [-0.2, 0) is 12.6 Å². The molecule has 0 heterocycles. The van der Waals surface area contributed by atoms with Crippen molar-refractivity contribution >= 4 is 6.08 Å². The van der Waals surface area contributed by atoms with Gasteiger partial charge in [-0.05, 0) is 40.8 Å². The molecule has 0 aliphatic rings. The van der Waals surface area contributed by atoms with E-state index in [9.17, 15) is 13.2 Å². The minimum Gasteiger partial charge on any atom is -0.166 e. The van der Waals surface area contributed by atoms with Gasteiger partial charge in [0.1, 0.15) is 0 Å². The van der Waals surface area contributed by atoms with Gasteiger partial charge in [0.15, 0.2) is 0 Å². The van der Waals surface area contributed by atoms with Crippen molar-refractivity contribution in [3.05, 3.63) is 65.7 Å². The van der Waals surface area contributed by atoms with Crippen molar-refractivity contribution < 1.29 is 13.2 Å². The fourth-order valence-electron chi connectivity index (χ4n) is 2.25. The zero-order valence-electron chi connectivity index (χ0n) is 11.2. The van der Waals surface area contributed by atoms with Crippen molar-refractivity contribution in [2.45, 2.75) is 19.5 Å². The van der Waals surface area contributed by atoms with Crippen LogP contribution in [0.1, 0.15) is 23.6 Å². The number of hydrogen-bond donors (Lipinski definition) is 0. The third kappa shape index (κ3) is 2.77. The van der Waals surface area contributed by atoms with Gasteiger partial charge in [-0.2, -0.15) is 13.2 Å². The normalized spacial score (nSPS) is 11.4. The maximum atomic E-state index is 12.6. The molecule has 0 aromatic heterocycles. The summed E-state index contributed by atoms with van der Waals surface area (Å²) in [4.78, 5) is 0. The van der Waals surface area contributed by atoms with Gasteiger partial charge >= 0.3 is 6.18 Å². The molecule has 0 aliphatic carbocycles. The van der Waals surface area contributed by atoms with Crippen LogP contribution in [0.5, 0.6) is 0 Å². The highest BCUT2D eigenvalue weighted by Gasteiger charge is 2.30. The van der Waals surface area contributed by atoms with E-state index in [4.69, 9.17) is 0 Å². The van der Waals surface area contributed by atoms with Gasteiger partial charge in [0.25, 0.3) is 0 Å². The molecule has 0 saturated carbocycles. The zero-order chi connectivity index (χ0) is 14.8. The van der Waals surface area contributed by atoms with Crippen LogP contribution in [0.25, 0.3) is 17.2 Å². The Hall–Kier alpha value is -2.03. The Morgan fingerprint density at radius 3 is 2.20 bits per heavy atom. The largest absolute Gasteiger partial charge is 0.416 e. The maximum Gasteiger partial charge on any atom is 0.416 e. The number of halogens is 3. The van der Waals surface area contributed by atoms with Crippen LogP contribution in [0.2, 0.25) is 0 Å². The van der Waals surface area contributed by atoms with Gasteiger partial charge in [0.2, 0.25) is 0 Å². The second-order valence-electron chi connectivity index (χ2n) is 4.51. The SMILES string of the molecule is C=Cc1c(CC)cccc1-c1ccc(C(F)(F)F)cc1. The van der Waals surface area contributed by atoms with E-state index in [2.05, 4.69) is 6.58 Å². The average molecular weight is 276 g/mol. The van der Waals surface area contributed by atoms with Crippen LogP contribution < -0.4 is 0 Å². The summed E-state index contributed by atoms with van der Waals surface area (Å²) >= 11 is 0. The average Bonchev–Trinajstić information content (AvgIpc) is 2.45. The molecule has 0 amide bonds. The van der Waals surface area contributed by atoms with E-state index in [0.717, 1.165) is 40.8 Å². The van der Waals surface area contributed by atoms with Crippen molar-refractivity contribution in [2.75, 3.05) is 0 Å². The van der Waals surface area contributed by atoms with E-state index in [-0.39, 0.29) is 0 Å². The number of aryl methyl sites for hydroxylation is 1. The summed E-state index contributed by atoms with van der Waals surface area (Å²) in [5, 5.41) is 0. The van der Waals surface area contributed by atoms with Crippen molar-refractivity contribution in [3.63, 3.8) is 0 Å². The molecule has 0 N–H and O–H groups in total. The van der Waals surface area contributed by atoms with Gasteiger partial charge in [0, 0.05) is 0 Å². The van der Waals surface area contributed by atoms with Crippen molar-refractivity contribution in [3.8, 4) is 11.1 Å². The molecule has 2 aromatic rings. The second-order valence-corrected chi connectivity index (χ2v) is 4.51. The molecule has 0 radical (unpaired) electrons. The maximum absolute atomic E-state index is 12.6. The summed E-state index contributed by atoms with van der Waals surface area (Å²) in [5.74, 6) is 0. The Balaban J connectivity index is 2.50. The molecule has 0 unspecified atom stereocenters. The van der Waals surface area contributed by atoms with E-state index >= 15 is 0 Å². The first-order chi connectivity index (χ1) is 9.47. The lowest BCUT2D eigenvalue weighted by Gasteiger charge is -2.12. The fourth-order valence-corrected chi connectivity index (χ4v) is 2.25. The predicted octanol–water partition coefficient (Wildman–Crippen LogP) is 5.58. The number of alkyl halides is 3. The molecule has 3 heteroatoms. The number of benzene rings is 2. The molecule has 2 rings (SSSR count). The summed E-state index contributed by atoms with van der Waals surface area (Å²) in [7, 11) is 0. The first kappa shape index (κ1) is 14.4.